The van der Waals surface area contributed by atoms with Gasteiger partial charge in [-0.1, -0.05) is 42.1 Å². The molecule has 1 aliphatic heterocycles. The number of rotatable bonds is 2. The van der Waals surface area contributed by atoms with E-state index in [1.54, 1.807) is 23.1 Å². The van der Waals surface area contributed by atoms with Crippen LogP contribution in [0.1, 0.15) is 12.0 Å². The average molecular weight is 326 g/mol. The Morgan fingerprint density at radius 1 is 1.14 bits per heavy atom. The van der Waals surface area contributed by atoms with Gasteiger partial charge in [0.15, 0.2) is 4.34 Å². The van der Waals surface area contributed by atoms with Gasteiger partial charge in [0.1, 0.15) is 0 Å². The Morgan fingerprint density at radius 3 is 2.86 bits per heavy atom. The molecule has 2 aromatic carbocycles. The second-order valence-electron chi connectivity index (χ2n) is 5.24. The number of hydrogen-bond donors (Lipinski definition) is 1. The zero-order chi connectivity index (χ0) is 14.9. The molecule has 0 aliphatic carbocycles. The number of carbonyl (C=O) groups is 1. The van der Waals surface area contributed by atoms with E-state index in [0.29, 0.717) is 0 Å². The van der Waals surface area contributed by atoms with Crippen LogP contribution in [0, 0.1) is 0 Å². The van der Waals surface area contributed by atoms with Crippen molar-refractivity contribution in [1.29, 1.82) is 0 Å². The number of aryl methyl sites for hydroxylation is 1. The second-order valence-corrected chi connectivity index (χ2v) is 7.72. The van der Waals surface area contributed by atoms with Crippen LogP contribution in [-0.4, -0.2) is 16.1 Å². The normalized spacial score (nSPS) is 17.8. The molecule has 1 atom stereocenters. The number of nitrogens with one attached hydrogen (secondary N) is 1. The van der Waals surface area contributed by atoms with Crippen molar-refractivity contribution in [2.24, 2.45) is 0 Å². The first-order valence-corrected chi connectivity index (χ1v) is 8.90. The standard InChI is InChI=1S/C17H14N2OS2/c20-16-15(10-9-11-5-1-2-6-12(11)18-16)22-17-19-13-7-3-4-8-14(13)21-17/h1-8,15H,9-10H2,(H,18,20)/t15-/m1/s1. The molecule has 5 heteroatoms. The number of anilines is 1. The molecule has 0 saturated heterocycles. The molecule has 1 aromatic heterocycles. The Labute approximate surface area is 136 Å². The Hall–Kier alpha value is -1.85. The molecule has 22 heavy (non-hydrogen) atoms. The van der Waals surface area contributed by atoms with Gasteiger partial charge in [-0.2, -0.15) is 0 Å². The summed E-state index contributed by atoms with van der Waals surface area (Å²) >= 11 is 3.23. The lowest BCUT2D eigenvalue weighted by Crippen LogP contribution is -2.23. The highest BCUT2D eigenvalue weighted by molar-refractivity contribution is 8.02. The maximum Gasteiger partial charge on any atom is 0.237 e. The number of nitrogens with zero attached hydrogens (tertiary/aromatic N) is 1. The van der Waals surface area contributed by atoms with Crippen molar-refractivity contribution >= 4 is 44.9 Å². The zero-order valence-electron chi connectivity index (χ0n) is 11.8. The maximum atomic E-state index is 12.4. The quantitative estimate of drug-likeness (QED) is 0.761. The van der Waals surface area contributed by atoms with Gasteiger partial charge in [-0.3, -0.25) is 4.79 Å². The van der Waals surface area contributed by atoms with E-state index in [2.05, 4.69) is 22.4 Å². The summed E-state index contributed by atoms with van der Waals surface area (Å²) in [5.41, 5.74) is 3.16. The second kappa shape index (κ2) is 5.74. The monoisotopic (exact) mass is 326 g/mol. The lowest BCUT2D eigenvalue weighted by Gasteiger charge is -2.10. The Morgan fingerprint density at radius 2 is 1.95 bits per heavy atom. The van der Waals surface area contributed by atoms with E-state index in [-0.39, 0.29) is 11.2 Å². The van der Waals surface area contributed by atoms with Crippen molar-refractivity contribution in [2.45, 2.75) is 22.4 Å². The van der Waals surface area contributed by atoms with E-state index in [9.17, 15) is 4.79 Å². The molecule has 0 spiro atoms. The number of fused-ring (bicyclic) bond motifs is 2. The summed E-state index contributed by atoms with van der Waals surface area (Å²) in [6, 6.07) is 16.1. The minimum atomic E-state index is -0.0898. The SMILES string of the molecule is O=C1Nc2ccccc2CC[C@H]1Sc1nc2ccccc2s1. The van der Waals surface area contributed by atoms with Gasteiger partial charge in [0, 0.05) is 5.69 Å². The zero-order valence-corrected chi connectivity index (χ0v) is 13.4. The number of carbonyl (C=O) groups excluding carboxylic acids is 1. The molecule has 1 amide bonds. The van der Waals surface area contributed by atoms with E-state index in [0.717, 1.165) is 28.4 Å². The molecule has 0 saturated carbocycles. The van der Waals surface area contributed by atoms with Gasteiger partial charge in [-0.05, 0) is 36.6 Å². The molecule has 1 N–H and O–H groups in total. The van der Waals surface area contributed by atoms with E-state index in [4.69, 9.17) is 0 Å². The van der Waals surface area contributed by atoms with Crippen LogP contribution in [-0.2, 0) is 11.2 Å². The molecule has 2 heterocycles. The molecule has 110 valence electrons. The van der Waals surface area contributed by atoms with E-state index >= 15 is 0 Å². The fraction of sp³-hybridized carbons (Fsp3) is 0.176. The number of para-hydroxylation sites is 2. The molecule has 4 rings (SSSR count). The van der Waals surface area contributed by atoms with Crippen LogP contribution in [0.3, 0.4) is 0 Å². The lowest BCUT2D eigenvalue weighted by atomic mass is 10.1. The molecular formula is C17H14N2OS2. The van der Waals surface area contributed by atoms with Crippen molar-refractivity contribution in [2.75, 3.05) is 5.32 Å². The van der Waals surface area contributed by atoms with Gasteiger partial charge < -0.3 is 5.32 Å². The molecule has 1 aliphatic rings. The largest absolute Gasteiger partial charge is 0.325 e. The number of hydrogen-bond acceptors (Lipinski definition) is 4. The molecule has 0 radical (unpaired) electrons. The highest BCUT2D eigenvalue weighted by Crippen LogP contribution is 2.35. The minimum Gasteiger partial charge on any atom is -0.325 e. The molecular weight excluding hydrogens is 312 g/mol. The van der Waals surface area contributed by atoms with Crippen LogP contribution in [0.2, 0.25) is 0 Å². The first kappa shape index (κ1) is 13.8. The lowest BCUT2D eigenvalue weighted by molar-refractivity contribution is -0.115. The van der Waals surface area contributed by atoms with Gasteiger partial charge >= 0.3 is 0 Å². The van der Waals surface area contributed by atoms with Crippen LogP contribution in [0.4, 0.5) is 5.69 Å². The smallest absolute Gasteiger partial charge is 0.237 e. The van der Waals surface area contributed by atoms with E-state index in [1.807, 2.05) is 36.4 Å². The summed E-state index contributed by atoms with van der Waals surface area (Å²) < 4.78 is 2.13. The van der Waals surface area contributed by atoms with Crippen LogP contribution in [0.25, 0.3) is 10.2 Å². The summed E-state index contributed by atoms with van der Waals surface area (Å²) in [5.74, 6) is 0.0780. The molecule has 0 fully saturated rings. The van der Waals surface area contributed by atoms with Crippen LogP contribution >= 0.6 is 23.1 Å². The number of benzene rings is 2. The van der Waals surface area contributed by atoms with E-state index < -0.39 is 0 Å². The molecule has 0 unspecified atom stereocenters. The van der Waals surface area contributed by atoms with Crippen LogP contribution < -0.4 is 5.32 Å². The molecule has 3 nitrogen and oxygen atoms in total. The van der Waals surface area contributed by atoms with Crippen molar-refractivity contribution in [1.82, 2.24) is 4.98 Å². The third kappa shape index (κ3) is 2.62. The number of thioether (sulfide) groups is 1. The highest BCUT2D eigenvalue weighted by Gasteiger charge is 2.25. The first-order valence-electron chi connectivity index (χ1n) is 7.20. The summed E-state index contributed by atoms with van der Waals surface area (Å²) in [6.07, 6.45) is 1.75. The Bertz CT molecular complexity index is 810. The fourth-order valence-electron chi connectivity index (χ4n) is 2.63. The number of aromatic nitrogens is 1. The first-order chi connectivity index (χ1) is 10.8. The van der Waals surface area contributed by atoms with Crippen molar-refractivity contribution in [3.63, 3.8) is 0 Å². The third-order valence-electron chi connectivity index (χ3n) is 3.76. The van der Waals surface area contributed by atoms with Gasteiger partial charge in [0.25, 0.3) is 0 Å². The summed E-state index contributed by atoms with van der Waals surface area (Å²) in [4.78, 5) is 17.1. The van der Waals surface area contributed by atoms with Gasteiger partial charge in [0.2, 0.25) is 5.91 Å². The van der Waals surface area contributed by atoms with Gasteiger partial charge in [-0.15, -0.1) is 11.3 Å². The van der Waals surface area contributed by atoms with Crippen LogP contribution in [0.5, 0.6) is 0 Å². The average Bonchev–Trinajstić information content (AvgIpc) is 2.87. The van der Waals surface area contributed by atoms with E-state index in [1.165, 1.54) is 10.3 Å². The topological polar surface area (TPSA) is 42.0 Å². The van der Waals surface area contributed by atoms with Crippen molar-refractivity contribution in [3.8, 4) is 0 Å². The number of amides is 1. The predicted molar refractivity (Wildman–Crippen MR) is 92.7 cm³/mol. The van der Waals surface area contributed by atoms with Crippen LogP contribution in [0.15, 0.2) is 52.9 Å². The van der Waals surface area contributed by atoms with Gasteiger partial charge in [-0.25, -0.2) is 4.98 Å². The minimum absolute atomic E-state index is 0.0780. The van der Waals surface area contributed by atoms with Crippen molar-refractivity contribution in [3.05, 3.63) is 54.1 Å². The third-order valence-corrected chi connectivity index (χ3v) is 6.16. The Kier molecular flexibility index (Phi) is 3.60. The fourth-order valence-corrected chi connectivity index (χ4v) is 4.93. The summed E-state index contributed by atoms with van der Waals surface area (Å²) in [5, 5.41) is 2.95. The summed E-state index contributed by atoms with van der Waals surface area (Å²) in [6.45, 7) is 0. The molecule has 3 aromatic rings. The van der Waals surface area contributed by atoms with Gasteiger partial charge in [0.05, 0.1) is 15.5 Å². The number of thiazole rings is 1. The maximum absolute atomic E-state index is 12.4. The Balaban J connectivity index is 1.57. The predicted octanol–water partition coefficient (Wildman–Crippen LogP) is 4.34. The molecule has 0 bridgehead atoms. The van der Waals surface area contributed by atoms with Crippen molar-refractivity contribution < 1.29 is 4.79 Å². The highest BCUT2D eigenvalue weighted by atomic mass is 32.2. The summed E-state index contributed by atoms with van der Waals surface area (Å²) in [7, 11) is 0.